The fourth-order valence-corrected chi connectivity index (χ4v) is 2.27. The van der Waals surface area contributed by atoms with Crippen LogP contribution in [-0.2, 0) is 0 Å². The summed E-state index contributed by atoms with van der Waals surface area (Å²) in [6, 6.07) is 18.8. The molecule has 2 rings (SSSR count). The number of alkyl halides is 1. The van der Waals surface area contributed by atoms with Crippen molar-refractivity contribution in [2.24, 2.45) is 0 Å². The van der Waals surface area contributed by atoms with Crippen LogP contribution in [0.2, 0.25) is 0 Å². The monoisotopic (exact) mass is 234 g/mol. The Labute approximate surface area is 99.3 Å². The van der Waals surface area contributed by atoms with Crippen molar-refractivity contribution in [1.29, 1.82) is 0 Å². The highest BCUT2D eigenvalue weighted by Gasteiger charge is 1.96. The van der Waals surface area contributed by atoms with Crippen molar-refractivity contribution in [3.05, 3.63) is 54.6 Å². The van der Waals surface area contributed by atoms with Gasteiger partial charge in [-0.2, -0.15) is 0 Å². The third kappa shape index (κ3) is 2.77. The van der Waals surface area contributed by atoms with Crippen molar-refractivity contribution in [2.45, 2.75) is 4.90 Å². The molecular formula is C13H11ClS. The number of rotatable bonds is 3. The molecule has 2 aromatic rings. The maximum absolute atomic E-state index is 5.66. The van der Waals surface area contributed by atoms with Gasteiger partial charge in [0.1, 0.15) is 0 Å². The second-order valence-corrected chi connectivity index (χ2v) is 4.78. The van der Waals surface area contributed by atoms with Crippen LogP contribution in [-0.4, -0.2) is 5.21 Å². The number of benzene rings is 2. The molecule has 0 aliphatic heterocycles. The standard InChI is InChI=1S/C13H11ClS/c14-10-15-13-8-6-12(7-9-13)11-4-2-1-3-5-11/h1-9H,10H2. The molecule has 2 heteroatoms. The van der Waals surface area contributed by atoms with Gasteiger partial charge in [-0.3, -0.25) is 0 Å². The number of hydrogen-bond acceptors (Lipinski definition) is 1. The molecule has 0 aliphatic rings. The SMILES string of the molecule is ClCSc1ccc(-c2ccccc2)cc1. The largest absolute Gasteiger partial charge is 0.114 e. The quantitative estimate of drug-likeness (QED) is 0.551. The molecule has 0 saturated carbocycles. The summed E-state index contributed by atoms with van der Waals surface area (Å²) in [6.45, 7) is 0. The van der Waals surface area contributed by atoms with Crippen LogP contribution in [0.1, 0.15) is 0 Å². The van der Waals surface area contributed by atoms with Gasteiger partial charge in [0.2, 0.25) is 0 Å². The summed E-state index contributed by atoms with van der Waals surface area (Å²) >= 11 is 7.30. The van der Waals surface area contributed by atoms with Crippen LogP contribution in [0.4, 0.5) is 0 Å². The van der Waals surface area contributed by atoms with E-state index in [0.717, 1.165) is 0 Å². The van der Waals surface area contributed by atoms with Crippen molar-refractivity contribution in [3.8, 4) is 11.1 Å². The highest BCUT2D eigenvalue weighted by molar-refractivity contribution is 8.00. The topological polar surface area (TPSA) is 0 Å². The Morgan fingerprint density at radius 1 is 0.800 bits per heavy atom. The zero-order chi connectivity index (χ0) is 10.5. The van der Waals surface area contributed by atoms with Crippen molar-refractivity contribution in [3.63, 3.8) is 0 Å². The molecule has 0 spiro atoms. The van der Waals surface area contributed by atoms with Gasteiger partial charge >= 0.3 is 0 Å². The lowest BCUT2D eigenvalue weighted by atomic mass is 10.1. The fourth-order valence-electron chi connectivity index (χ4n) is 1.44. The van der Waals surface area contributed by atoms with E-state index in [4.69, 9.17) is 11.6 Å². The minimum absolute atomic E-state index is 0.602. The molecule has 0 heterocycles. The molecule has 2 aromatic carbocycles. The van der Waals surface area contributed by atoms with Crippen LogP contribution in [0.15, 0.2) is 59.5 Å². The molecule has 0 nitrogen and oxygen atoms in total. The summed E-state index contributed by atoms with van der Waals surface area (Å²) in [4.78, 5) is 1.21. The summed E-state index contributed by atoms with van der Waals surface area (Å²) in [5, 5.41) is 0.602. The maximum atomic E-state index is 5.66. The minimum atomic E-state index is 0.602. The van der Waals surface area contributed by atoms with Crippen LogP contribution in [0.25, 0.3) is 11.1 Å². The summed E-state index contributed by atoms with van der Waals surface area (Å²) in [5.41, 5.74) is 2.49. The van der Waals surface area contributed by atoms with Gasteiger partial charge in [-0.1, -0.05) is 42.5 Å². The maximum Gasteiger partial charge on any atom is 0.0727 e. The van der Waals surface area contributed by atoms with Gasteiger partial charge in [-0.15, -0.1) is 23.4 Å². The van der Waals surface area contributed by atoms with E-state index in [9.17, 15) is 0 Å². The molecule has 0 atom stereocenters. The van der Waals surface area contributed by atoms with Crippen molar-refractivity contribution in [2.75, 3.05) is 5.21 Å². The normalized spacial score (nSPS) is 10.2. The molecular weight excluding hydrogens is 224 g/mol. The third-order valence-electron chi connectivity index (χ3n) is 2.18. The molecule has 0 aliphatic carbocycles. The molecule has 0 unspecified atom stereocenters. The van der Waals surface area contributed by atoms with E-state index >= 15 is 0 Å². The van der Waals surface area contributed by atoms with Crippen LogP contribution in [0.5, 0.6) is 0 Å². The fraction of sp³-hybridized carbons (Fsp3) is 0.0769. The van der Waals surface area contributed by atoms with E-state index in [1.165, 1.54) is 16.0 Å². The number of thioether (sulfide) groups is 1. The van der Waals surface area contributed by atoms with E-state index in [1.807, 2.05) is 6.07 Å². The van der Waals surface area contributed by atoms with Gasteiger partial charge in [0, 0.05) is 4.90 Å². The Morgan fingerprint density at radius 2 is 1.40 bits per heavy atom. The second-order valence-electron chi connectivity index (χ2n) is 3.14. The van der Waals surface area contributed by atoms with Crippen LogP contribution < -0.4 is 0 Å². The molecule has 0 fully saturated rings. The van der Waals surface area contributed by atoms with Crippen LogP contribution in [0.3, 0.4) is 0 Å². The summed E-state index contributed by atoms with van der Waals surface area (Å²) < 4.78 is 0. The lowest BCUT2D eigenvalue weighted by Crippen LogP contribution is -1.77. The summed E-state index contributed by atoms with van der Waals surface area (Å²) in [5.74, 6) is 0. The van der Waals surface area contributed by atoms with Gasteiger partial charge in [-0.25, -0.2) is 0 Å². The molecule has 15 heavy (non-hydrogen) atoms. The first-order valence-corrected chi connectivity index (χ1v) is 6.26. The average molecular weight is 235 g/mol. The molecule has 0 saturated heterocycles. The van der Waals surface area contributed by atoms with Crippen molar-refractivity contribution in [1.82, 2.24) is 0 Å². The van der Waals surface area contributed by atoms with E-state index in [1.54, 1.807) is 11.8 Å². The number of halogens is 1. The first kappa shape index (κ1) is 10.6. The van der Waals surface area contributed by atoms with Gasteiger partial charge in [0.15, 0.2) is 0 Å². The van der Waals surface area contributed by atoms with Crippen LogP contribution in [0, 0.1) is 0 Å². The van der Waals surface area contributed by atoms with E-state index in [-0.39, 0.29) is 0 Å². The molecule has 0 bridgehead atoms. The van der Waals surface area contributed by atoms with Crippen molar-refractivity contribution >= 4 is 23.4 Å². The molecule has 0 aromatic heterocycles. The lowest BCUT2D eigenvalue weighted by Gasteiger charge is -2.02. The van der Waals surface area contributed by atoms with Gasteiger partial charge < -0.3 is 0 Å². The predicted octanol–water partition coefficient (Wildman–Crippen LogP) is 4.64. The first-order chi connectivity index (χ1) is 7.40. The zero-order valence-electron chi connectivity index (χ0n) is 8.19. The Hall–Kier alpha value is -0.920. The first-order valence-electron chi connectivity index (χ1n) is 4.74. The van der Waals surface area contributed by atoms with Gasteiger partial charge in [-0.05, 0) is 23.3 Å². The van der Waals surface area contributed by atoms with E-state index in [0.29, 0.717) is 5.21 Å². The van der Waals surface area contributed by atoms with Crippen molar-refractivity contribution < 1.29 is 0 Å². The van der Waals surface area contributed by atoms with Gasteiger partial charge in [0.25, 0.3) is 0 Å². The Bertz CT molecular complexity index is 408. The minimum Gasteiger partial charge on any atom is -0.114 e. The predicted molar refractivity (Wildman–Crippen MR) is 68.5 cm³/mol. The highest BCUT2D eigenvalue weighted by Crippen LogP contribution is 2.24. The zero-order valence-corrected chi connectivity index (χ0v) is 9.76. The average Bonchev–Trinajstić information content (AvgIpc) is 2.32. The van der Waals surface area contributed by atoms with E-state index in [2.05, 4.69) is 48.5 Å². The second kappa shape index (κ2) is 5.24. The number of hydrogen-bond donors (Lipinski definition) is 0. The highest BCUT2D eigenvalue weighted by atomic mass is 35.5. The summed E-state index contributed by atoms with van der Waals surface area (Å²) in [6.07, 6.45) is 0. The molecule has 76 valence electrons. The molecule has 0 amide bonds. The van der Waals surface area contributed by atoms with Gasteiger partial charge in [0.05, 0.1) is 5.21 Å². The van der Waals surface area contributed by atoms with E-state index < -0.39 is 0 Å². The Balaban J connectivity index is 2.24. The lowest BCUT2D eigenvalue weighted by molar-refractivity contribution is 1.46. The molecule has 0 radical (unpaired) electrons. The Kier molecular flexibility index (Phi) is 3.70. The summed E-state index contributed by atoms with van der Waals surface area (Å²) in [7, 11) is 0. The molecule has 0 N–H and O–H groups in total. The van der Waals surface area contributed by atoms with Crippen LogP contribution >= 0.6 is 23.4 Å². The smallest absolute Gasteiger partial charge is 0.0727 e. The third-order valence-corrected chi connectivity index (χ3v) is 3.22. The Morgan fingerprint density at radius 3 is 2.00 bits per heavy atom.